The van der Waals surface area contributed by atoms with Gasteiger partial charge in [0.15, 0.2) is 0 Å². The molecule has 0 aliphatic heterocycles. The molecule has 20 heavy (non-hydrogen) atoms. The minimum atomic E-state index is -0.538. The van der Waals surface area contributed by atoms with E-state index in [1.54, 1.807) is 0 Å². The van der Waals surface area contributed by atoms with E-state index >= 15 is 0 Å². The lowest BCUT2D eigenvalue weighted by Crippen LogP contribution is -2.32. The molecule has 0 radical (unpaired) electrons. The van der Waals surface area contributed by atoms with Crippen LogP contribution in [-0.4, -0.2) is 6.17 Å². The van der Waals surface area contributed by atoms with Crippen molar-refractivity contribution in [1.29, 1.82) is 0 Å². The van der Waals surface area contributed by atoms with Gasteiger partial charge in [-0.1, -0.05) is 67.2 Å². The smallest absolute Gasteiger partial charge is 0.103 e. The molecule has 0 spiro atoms. The molecule has 0 aromatic rings. The summed E-state index contributed by atoms with van der Waals surface area (Å²) in [4.78, 5) is 0. The first kappa shape index (κ1) is 18.0. The molecule has 2 saturated carbocycles. The lowest BCUT2D eigenvalue weighted by Gasteiger charge is -2.36. The van der Waals surface area contributed by atoms with Crippen molar-refractivity contribution < 1.29 is 4.39 Å². The number of hydrogen-bond acceptors (Lipinski definition) is 0. The van der Waals surface area contributed by atoms with Crippen molar-refractivity contribution in [3.63, 3.8) is 0 Å². The average molecular weight is 285 g/mol. The highest BCUT2D eigenvalue weighted by molar-refractivity contribution is 4.83. The zero-order valence-corrected chi connectivity index (χ0v) is 14.8. The van der Waals surface area contributed by atoms with Crippen molar-refractivity contribution >= 4 is 0 Å². The van der Waals surface area contributed by atoms with Crippen LogP contribution in [0.15, 0.2) is 0 Å². The molecule has 0 aromatic carbocycles. The van der Waals surface area contributed by atoms with Gasteiger partial charge in [-0.15, -0.1) is 0 Å². The fourth-order valence-electron chi connectivity index (χ4n) is 3.85. The molecular weight excluding hydrogens is 247 g/mol. The van der Waals surface area contributed by atoms with Gasteiger partial charge in [0.25, 0.3) is 0 Å². The molecule has 2 rings (SSSR count). The normalized spacial score (nSPS) is 28.9. The standard InChI is InChI=1S/C10H19F.C9H18/c1-10(2,3)8-6-4-5-7-9(8)11;1-9(2,3)8-6-4-5-7-8/h8-9H,4-7H2,1-3H3;8H,4-7H2,1-3H3. The fourth-order valence-corrected chi connectivity index (χ4v) is 3.85. The Morgan fingerprint density at radius 3 is 1.40 bits per heavy atom. The third-order valence-corrected chi connectivity index (χ3v) is 5.37. The minimum absolute atomic E-state index is 0.167. The van der Waals surface area contributed by atoms with Gasteiger partial charge in [-0.25, -0.2) is 4.39 Å². The highest BCUT2D eigenvalue weighted by Gasteiger charge is 2.33. The van der Waals surface area contributed by atoms with Crippen molar-refractivity contribution in [3.05, 3.63) is 0 Å². The fraction of sp³-hybridized carbons (Fsp3) is 1.00. The van der Waals surface area contributed by atoms with E-state index < -0.39 is 6.17 Å². The van der Waals surface area contributed by atoms with Gasteiger partial charge in [-0.3, -0.25) is 0 Å². The van der Waals surface area contributed by atoms with Gasteiger partial charge in [-0.05, 0) is 48.3 Å². The van der Waals surface area contributed by atoms with Gasteiger partial charge in [0.05, 0.1) is 0 Å². The molecule has 2 aliphatic rings. The number of rotatable bonds is 0. The summed E-state index contributed by atoms with van der Waals surface area (Å²) in [5.41, 5.74) is 0.746. The first-order valence-electron chi connectivity index (χ1n) is 8.76. The quantitative estimate of drug-likeness (QED) is 0.459. The van der Waals surface area contributed by atoms with E-state index in [2.05, 4.69) is 41.5 Å². The predicted molar refractivity (Wildman–Crippen MR) is 87.7 cm³/mol. The number of hydrogen-bond donors (Lipinski definition) is 0. The average Bonchev–Trinajstić information content (AvgIpc) is 2.81. The maximum atomic E-state index is 13.3. The van der Waals surface area contributed by atoms with Crippen LogP contribution in [0.1, 0.15) is 92.9 Å². The summed E-state index contributed by atoms with van der Waals surface area (Å²) >= 11 is 0. The van der Waals surface area contributed by atoms with E-state index in [0.29, 0.717) is 11.3 Å². The molecule has 0 amide bonds. The summed E-state index contributed by atoms with van der Waals surface area (Å²) in [6.07, 6.45) is 9.56. The third-order valence-electron chi connectivity index (χ3n) is 5.37. The topological polar surface area (TPSA) is 0 Å². The second kappa shape index (κ2) is 7.27. The molecule has 0 bridgehead atoms. The van der Waals surface area contributed by atoms with Crippen molar-refractivity contribution in [2.24, 2.45) is 22.7 Å². The highest BCUT2D eigenvalue weighted by Crippen LogP contribution is 2.39. The second-order valence-corrected chi connectivity index (χ2v) is 9.12. The zero-order valence-electron chi connectivity index (χ0n) is 14.8. The summed E-state index contributed by atoms with van der Waals surface area (Å²) in [6.45, 7) is 13.5. The van der Waals surface area contributed by atoms with E-state index in [0.717, 1.165) is 25.2 Å². The molecule has 2 aliphatic carbocycles. The summed E-state index contributed by atoms with van der Waals surface area (Å²) < 4.78 is 13.3. The Kier molecular flexibility index (Phi) is 6.54. The molecule has 2 atom stereocenters. The van der Waals surface area contributed by atoms with Gasteiger partial charge in [-0.2, -0.15) is 0 Å². The number of halogens is 1. The Hall–Kier alpha value is -0.0700. The van der Waals surface area contributed by atoms with E-state index in [4.69, 9.17) is 0 Å². The molecular formula is C19H37F. The summed E-state index contributed by atoms with van der Waals surface area (Å²) in [5.74, 6) is 1.31. The Bertz CT molecular complexity index is 262. The Labute approximate surface area is 126 Å². The molecule has 0 saturated heterocycles. The van der Waals surface area contributed by atoms with Crippen molar-refractivity contribution in [3.8, 4) is 0 Å². The summed E-state index contributed by atoms with van der Waals surface area (Å²) in [7, 11) is 0. The van der Waals surface area contributed by atoms with Gasteiger partial charge < -0.3 is 0 Å². The van der Waals surface area contributed by atoms with Crippen LogP contribution in [0.4, 0.5) is 4.39 Å². The van der Waals surface area contributed by atoms with E-state index in [1.165, 1.54) is 32.1 Å². The van der Waals surface area contributed by atoms with Crippen LogP contribution < -0.4 is 0 Å². The van der Waals surface area contributed by atoms with Crippen LogP contribution in [0.2, 0.25) is 0 Å². The Morgan fingerprint density at radius 1 is 0.650 bits per heavy atom. The van der Waals surface area contributed by atoms with Crippen molar-refractivity contribution in [1.82, 2.24) is 0 Å². The SMILES string of the molecule is CC(C)(C)C1CCCC1.CC(C)(C)C1CCCCC1F. The van der Waals surface area contributed by atoms with Crippen LogP contribution in [0.5, 0.6) is 0 Å². The van der Waals surface area contributed by atoms with Gasteiger partial charge in [0.1, 0.15) is 6.17 Å². The van der Waals surface area contributed by atoms with Crippen LogP contribution in [0.25, 0.3) is 0 Å². The van der Waals surface area contributed by atoms with Crippen LogP contribution in [0, 0.1) is 22.7 Å². The lowest BCUT2D eigenvalue weighted by molar-refractivity contribution is 0.0738. The second-order valence-electron chi connectivity index (χ2n) is 9.12. The lowest BCUT2D eigenvalue weighted by atomic mass is 9.71. The molecule has 0 nitrogen and oxygen atoms in total. The molecule has 2 unspecified atom stereocenters. The Morgan fingerprint density at radius 2 is 1.10 bits per heavy atom. The van der Waals surface area contributed by atoms with Crippen molar-refractivity contribution in [2.45, 2.75) is 99.1 Å². The molecule has 2 fully saturated rings. The maximum Gasteiger partial charge on any atom is 0.103 e. The van der Waals surface area contributed by atoms with Crippen LogP contribution in [-0.2, 0) is 0 Å². The van der Waals surface area contributed by atoms with Gasteiger partial charge in [0.2, 0.25) is 0 Å². The Balaban J connectivity index is 0.000000204. The predicted octanol–water partition coefficient (Wildman–Crippen LogP) is 6.78. The third kappa shape index (κ3) is 5.74. The first-order chi connectivity index (χ1) is 9.12. The number of alkyl halides is 1. The zero-order chi connectivity index (χ0) is 15.4. The largest absolute Gasteiger partial charge is 0.247 e. The molecule has 0 heterocycles. The van der Waals surface area contributed by atoms with Crippen LogP contribution >= 0.6 is 0 Å². The van der Waals surface area contributed by atoms with Crippen molar-refractivity contribution in [2.75, 3.05) is 0 Å². The van der Waals surface area contributed by atoms with Crippen LogP contribution in [0.3, 0.4) is 0 Å². The van der Waals surface area contributed by atoms with E-state index in [9.17, 15) is 4.39 Å². The van der Waals surface area contributed by atoms with Gasteiger partial charge >= 0.3 is 0 Å². The minimum Gasteiger partial charge on any atom is -0.247 e. The molecule has 1 heteroatoms. The highest BCUT2D eigenvalue weighted by atomic mass is 19.1. The summed E-state index contributed by atoms with van der Waals surface area (Å²) in [6, 6.07) is 0. The maximum absolute atomic E-state index is 13.3. The monoisotopic (exact) mass is 284 g/mol. The molecule has 0 N–H and O–H groups in total. The first-order valence-corrected chi connectivity index (χ1v) is 8.76. The van der Waals surface area contributed by atoms with Gasteiger partial charge in [0, 0.05) is 0 Å². The summed E-state index contributed by atoms with van der Waals surface area (Å²) in [5, 5.41) is 0. The molecule has 0 aromatic heterocycles. The van der Waals surface area contributed by atoms with E-state index in [-0.39, 0.29) is 5.41 Å². The molecule has 120 valence electrons. The van der Waals surface area contributed by atoms with E-state index in [1.807, 2.05) is 0 Å².